The zero-order valence-corrected chi connectivity index (χ0v) is 19.7. The van der Waals surface area contributed by atoms with E-state index in [1.165, 1.54) is 0 Å². The van der Waals surface area contributed by atoms with Gasteiger partial charge in [0, 0.05) is 26.8 Å². The van der Waals surface area contributed by atoms with Crippen LogP contribution in [0, 0.1) is 5.92 Å². The lowest BCUT2D eigenvalue weighted by Gasteiger charge is -2.34. The van der Waals surface area contributed by atoms with Gasteiger partial charge in [0.05, 0.1) is 28.4 Å². The highest BCUT2D eigenvalue weighted by Gasteiger charge is 2.40. The van der Waals surface area contributed by atoms with Gasteiger partial charge in [-0.1, -0.05) is 12.1 Å². The van der Waals surface area contributed by atoms with Crippen molar-refractivity contribution in [2.75, 3.05) is 27.3 Å². The average Bonchev–Trinajstić information content (AvgIpc) is 3.27. The highest BCUT2D eigenvalue weighted by Crippen LogP contribution is 2.32. The van der Waals surface area contributed by atoms with Crippen LogP contribution in [0.2, 0.25) is 0 Å². The molecule has 6 atom stereocenters. The standard InChI is InChI=1S/C23H35N3O5S/c1-30-17-5-8-21(31-2)22(12-17)32(28,29)18-6-3-15(4-7-18)13-25-23(27)20-11-16-14-24-10-9-19(16)26-20/h3-4,6-7,16-17,19-22,24,26H,5,8-14H2,1-2H3,(H,25,27). The van der Waals surface area contributed by atoms with Crippen LogP contribution in [0.25, 0.3) is 0 Å². The van der Waals surface area contributed by atoms with Crippen molar-refractivity contribution in [1.82, 2.24) is 16.0 Å². The van der Waals surface area contributed by atoms with Gasteiger partial charge in [-0.15, -0.1) is 0 Å². The first-order valence-corrected chi connectivity index (χ1v) is 13.1. The molecule has 2 heterocycles. The Morgan fingerprint density at radius 3 is 2.56 bits per heavy atom. The fraction of sp³-hybridized carbons (Fsp3) is 0.696. The molecule has 1 aliphatic carbocycles. The van der Waals surface area contributed by atoms with E-state index in [4.69, 9.17) is 9.47 Å². The number of methoxy groups -OCH3 is 2. The summed E-state index contributed by atoms with van der Waals surface area (Å²) in [5, 5.41) is 9.22. The normalized spacial score (nSPS) is 32.9. The van der Waals surface area contributed by atoms with Crippen molar-refractivity contribution in [3.8, 4) is 0 Å². The van der Waals surface area contributed by atoms with E-state index >= 15 is 0 Å². The van der Waals surface area contributed by atoms with Crippen LogP contribution in [-0.4, -0.2) is 71.2 Å². The molecule has 3 aliphatic rings. The fourth-order valence-electron chi connectivity index (χ4n) is 5.36. The van der Waals surface area contributed by atoms with Crippen molar-refractivity contribution in [3.05, 3.63) is 29.8 Å². The maximum Gasteiger partial charge on any atom is 0.237 e. The fourth-order valence-corrected chi connectivity index (χ4v) is 7.34. The third-order valence-corrected chi connectivity index (χ3v) is 9.54. The maximum absolute atomic E-state index is 13.3. The van der Waals surface area contributed by atoms with Gasteiger partial charge >= 0.3 is 0 Å². The molecule has 6 unspecified atom stereocenters. The second-order valence-corrected chi connectivity index (χ2v) is 11.4. The summed E-state index contributed by atoms with van der Waals surface area (Å²) in [7, 11) is -0.360. The smallest absolute Gasteiger partial charge is 0.237 e. The Morgan fingerprint density at radius 1 is 1.09 bits per heavy atom. The third kappa shape index (κ3) is 5.02. The molecule has 4 rings (SSSR count). The topological polar surface area (TPSA) is 106 Å². The molecular weight excluding hydrogens is 430 g/mol. The molecule has 1 saturated carbocycles. The molecule has 0 bridgehead atoms. The first kappa shape index (κ1) is 23.6. The largest absolute Gasteiger partial charge is 0.381 e. The summed E-state index contributed by atoms with van der Waals surface area (Å²) in [5.41, 5.74) is 0.871. The predicted molar refractivity (Wildman–Crippen MR) is 121 cm³/mol. The number of fused-ring (bicyclic) bond motifs is 1. The van der Waals surface area contributed by atoms with Gasteiger partial charge in [0.1, 0.15) is 0 Å². The summed E-state index contributed by atoms with van der Waals surface area (Å²) in [6, 6.07) is 7.08. The van der Waals surface area contributed by atoms with E-state index in [2.05, 4.69) is 16.0 Å². The van der Waals surface area contributed by atoms with Crippen molar-refractivity contribution in [2.45, 2.75) is 73.1 Å². The molecule has 3 N–H and O–H groups in total. The molecule has 32 heavy (non-hydrogen) atoms. The maximum atomic E-state index is 13.3. The Kier molecular flexibility index (Phi) is 7.51. The number of ether oxygens (including phenoxy) is 2. The number of hydrogen-bond acceptors (Lipinski definition) is 7. The van der Waals surface area contributed by atoms with Crippen molar-refractivity contribution >= 4 is 15.7 Å². The lowest BCUT2D eigenvalue weighted by atomic mass is 9.94. The lowest BCUT2D eigenvalue weighted by Crippen LogP contribution is -2.45. The van der Waals surface area contributed by atoms with Crippen molar-refractivity contribution in [3.63, 3.8) is 0 Å². The van der Waals surface area contributed by atoms with Gasteiger partial charge in [-0.25, -0.2) is 8.42 Å². The number of benzene rings is 1. The number of carbonyl (C=O) groups excluding carboxylic acids is 1. The lowest BCUT2D eigenvalue weighted by molar-refractivity contribution is -0.123. The summed E-state index contributed by atoms with van der Waals surface area (Å²) in [4.78, 5) is 12.9. The van der Waals surface area contributed by atoms with E-state index in [-0.39, 0.29) is 29.1 Å². The van der Waals surface area contributed by atoms with Crippen LogP contribution >= 0.6 is 0 Å². The molecule has 1 amide bonds. The zero-order valence-electron chi connectivity index (χ0n) is 18.9. The summed E-state index contributed by atoms with van der Waals surface area (Å²) < 4.78 is 37.5. The van der Waals surface area contributed by atoms with Crippen LogP contribution in [0.1, 0.15) is 37.7 Å². The summed E-state index contributed by atoms with van der Waals surface area (Å²) in [6.07, 6.45) is 3.40. The third-order valence-electron chi connectivity index (χ3n) is 7.31. The molecule has 3 fully saturated rings. The number of amides is 1. The summed E-state index contributed by atoms with van der Waals surface area (Å²) >= 11 is 0. The number of nitrogens with one attached hydrogen (secondary N) is 3. The average molecular weight is 466 g/mol. The highest BCUT2D eigenvalue weighted by atomic mass is 32.2. The Bertz CT molecular complexity index is 877. The van der Waals surface area contributed by atoms with E-state index < -0.39 is 15.1 Å². The van der Waals surface area contributed by atoms with E-state index in [1.54, 1.807) is 38.5 Å². The van der Waals surface area contributed by atoms with Crippen LogP contribution in [-0.2, 0) is 30.7 Å². The molecule has 0 spiro atoms. The first-order valence-electron chi connectivity index (χ1n) is 11.5. The van der Waals surface area contributed by atoms with Gasteiger partial charge in [-0.2, -0.15) is 0 Å². The molecule has 178 valence electrons. The Balaban J connectivity index is 1.35. The molecule has 2 aliphatic heterocycles. The van der Waals surface area contributed by atoms with Gasteiger partial charge < -0.3 is 25.4 Å². The second-order valence-electron chi connectivity index (χ2n) is 9.20. The number of sulfone groups is 1. The molecular formula is C23H35N3O5S. The molecule has 2 saturated heterocycles. The Morgan fingerprint density at radius 2 is 1.88 bits per heavy atom. The summed E-state index contributed by atoms with van der Waals surface area (Å²) in [5.74, 6) is 0.518. The van der Waals surface area contributed by atoms with Crippen LogP contribution in [0.4, 0.5) is 0 Å². The van der Waals surface area contributed by atoms with Gasteiger partial charge in [0.2, 0.25) is 5.91 Å². The highest BCUT2D eigenvalue weighted by molar-refractivity contribution is 7.92. The van der Waals surface area contributed by atoms with Gasteiger partial charge in [-0.05, 0) is 68.8 Å². The van der Waals surface area contributed by atoms with E-state index in [0.29, 0.717) is 31.3 Å². The molecule has 1 aromatic carbocycles. The number of hydrogen-bond donors (Lipinski definition) is 3. The van der Waals surface area contributed by atoms with Crippen molar-refractivity contribution in [2.24, 2.45) is 5.92 Å². The quantitative estimate of drug-likeness (QED) is 0.552. The Hall–Kier alpha value is -1.52. The number of piperidine rings is 1. The first-order chi connectivity index (χ1) is 15.4. The molecule has 9 heteroatoms. The molecule has 8 nitrogen and oxygen atoms in total. The van der Waals surface area contributed by atoms with Crippen LogP contribution in [0.3, 0.4) is 0 Å². The van der Waals surface area contributed by atoms with Gasteiger partial charge in [0.15, 0.2) is 9.84 Å². The molecule has 0 radical (unpaired) electrons. The van der Waals surface area contributed by atoms with Crippen LogP contribution in [0.5, 0.6) is 0 Å². The second kappa shape index (κ2) is 10.2. The minimum atomic E-state index is -3.55. The monoisotopic (exact) mass is 465 g/mol. The number of rotatable bonds is 7. The Labute approximate surface area is 190 Å². The van der Waals surface area contributed by atoms with E-state index in [0.717, 1.165) is 37.9 Å². The summed E-state index contributed by atoms with van der Waals surface area (Å²) in [6.45, 7) is 2.34. The van der Waals surface area contributed by atoms with Crippen LogP contribution < -0.4 is 16.0 Å². The van der Waals surface area contributed by atoms with Gasteiger partial charge in [-0.3, -0.25) is 4.79 Å². The number of carbonyl (C=O) groups is 1. The predicted octanol–water partition coefficient (Wildman–Crippen LogP) is 0.999. The minimum absolute atomic E-state index is 0.00634. The van der Waals surface area contributed by atoms with E-state index in [9.17, 15) is 13.2 Å². The van der Waals surface area contributed by atoms with Crippen LogP contribution in [0.15, 0.2) is 29.2 Å². The minimum Gasteiger partial charge on any atom is -0.381 e. The van der Waals surface area contributed by atoms with E-state index in [1.807, 2.05) is 0 Å². The van der Waals surface area contributed by atoms with Crippen molar-refractivity contribution < 1.29 is 22.7 Å². The van der Waals surface area contributed by atoms with Crippen molar-refractivity contribution in [1.29, 1.82) is 0 Å². The van der Waals surface area contributed by atoms with Gasteiger partial charge in [0.25, 0.3) is 0 Å². The SMILES string of the molecule is COC1CCC(OC)C(S(=O)(=O)c2ccc(CNC(=O)C3CC4CNCCC4N3)cc2)C1. The molecule has 0 aromatic heterocycles. The molecule has 1 aromatic rings. The zero-order chi connectivity index (χ0) is 22.7.